The summed E-state index contributed by atoms with van der Waals surface area (Å²) in [4.78, 5) is 31.4. The highest BCUT2D eigenvalue weighted by Crippen LogP contribution is 2.15. The van der Waals surface area contributed by atoms with E-state index in [1.165, 1.54) is 17.3 Å². The van der Waals surface area contributed by atoms with Crippen LogP contribution in [0.3, 0.4) is 0 Å². The van der Waals surface area contributed by atoms with Crippen LogP contribution in [-0.4, -0.2) is 33.4 Å². The molecule has 0 saturated carbocycles. The Morgan fingerprint density at radius 2 is 1.64 bits per heavy atom. The van der Waals surface area contributed by atoms with Gasteiger partial charge in [0.05, 0.1) is 16.6 Å². The van der Waals surface area contributed by atoms with Crippen molar-refractivity contribution in [1.82, 2.24) is 14.5 Å². The molecule has 1 aliphatic rings. The number of benzene rings is 2. The van der Waals surface area contributed by atoms with Crippen LogP contribution in [0, 0.1) is 0 Å². The zero-order valence-electron chi connectivity index (χ0n) is 13.9. The summed E-state index contributed by atoms with van der Waals surface area (Å²) in [6, 6.07) is 14.5. The minimum Gasteiger partial charge on any atom is -0.339 e. The number of fused-ring (bicyclic) bond motifs is 1. The molecule has 5 nitrogen and oxygen atoms in total. The highest BCUT2D eigenvalue weighted by atomic mass is 16.2. The van der Waals surface area contributed by atoms with E-state index in [-0.39, 0.29) is 11.5 Å². The Kier molecular flexibility index (Phi) is 4.06. The standard InChI is InChI=1S/C20H19N3O2/c24-19(22-12-4-1-5-13-22)15-8-10-16(11-9-15)23-14-21-18-7-3-2-6-17(18)20(23)25/h2-3,6-11,14H,1,4-5,12-13H2. The molecule has 1 aromatic heterocycles. The van der Waals surface area contributed by atoms with E-state index in [9.17, 15) is 9.59 Å². The van der Waals surface area contributed by atoms with Gasteiger partial charge in [-0.1, -0.05) is 12.1 Å². The third-order valence-electron chi connectivity index (χ3n) is 4.70. The van der Waals surface area contributed by atoms with Crippen LogP contribution in [0.4, 0.5) is 0 Å². The van der Waals surface area contributed by atoms with Crippen molar-refractivity contribution >= 4 is 16.8 Å². The van der Waals surface area contributed by atoms with Crippen LogP contribution in [0.1, 0.15) is 29.6 Å². The number of hydrogen-bond acceptors (Lipinski definition) is 3. The number of aromatic nitrogens is 2. The summed E-state index contributed by atoms with van der Waals surface area (Å²) >= 11 is 0. The van der Waals surface area contributed by atoms with Gasteiger partial charge >= 0.3 is 0 Å². The maximum atomic E-state index is 12.6. The average Bonchev–Trinajstić information content (AvgIpc) is 2.69. The second-order valence-electron chi connectivity index (χ2n) is 6.34. The van der Waals surface area contributed by atoms with Crippen molar-refractivity contribution in [2.75, 3.05) is 13.1 Å². The number of carbonyl (C=O) groups is 1. The van der Waals surface area contributed by atoms with E-state index in [1.807, 2.05) is 23.1 Å². The molecule has 3 aromatic rings. The number of hydrogen-bond donors (Lipinski definition) is 0. The van der Waals surface area contributed by atoms with Crippen molar-refractivity contribution < 1.29 is 4.79 Å². The zero-order valence-corrected chi connectivity index (χ0v) is 13.9. The maximum Gasteiger partial charge on any atom is 0.265 e. The minimum absolute atomic E-state index is 0.0650. The Morgan fingerprint density at radius 3 is 2.40 bits per heavy atom. The summed E-state index contributed by atoms with van der Waals surface area (Å²) in [5.74, 6) is 0.0650. The fourth-order valence-electron chi connectivity index (χ4n) is 3.30. The second kappa shape index (κ2) is 6.51. The Labute approximate surface area is 145 Å². The fourth-order valence-corrected chi connectivity index (χ4v) is 3.30. The lowest BCUT2D eigenvalue weighted by Gasteiger charge is -2.26. The predicted molar refractivity (Wildman–Crippen MR) is 97.1 cm³/mol. The molecule has 5 heteroatoms. The van der Waals surface area contributed by atoms with Gasteiger partial charge in [0, 0.05) is 18.7 Å². The number of carbonyl (C=O) groups excluding carboxylic acids is 1. The van der Waals surface area contributed by atoms with Crippen LogP contribution in [0.2, 0.25) is 0 Å². The second-order valence-corrected chi connectivity index (χ2v) is 6.34. The summed E-state index contributed by atoms with van der Waals surface area (Å²) in [7, 11) is 0. The number of amides is 1. The Hall–Kier alpha value is -2.95. The molecule has 4 rings (SSSR count). The van der Waals surface area contributed by atoms with Gasteiger partial charge in [-0.2, -0.15) is 0 Å². The van der Waals surface area contributed by atoms with Gasteiger partial charge in [-0.15, -0.1) is 0 Å². The van der Waals surface area contributed by atoms with Crippen LogP contribution in [0.5, 0.6) is 0 Å². The lowest BCUT2D eigenvalue weighted by molar-refractivity contribution is 0.0724. The lowest BCUT2D eigenvalue weighted by atomic mass is 10.1. The van der Waals surface area contributed by atoms with E-state index in [0.717, 1.165) is 25.9 Å². The third-order valence-corrected chi connectivity index (χ3v) is 4.70. The molecule has 0 N–H and O–H groups in total. The highest BCUT2D eigenvalue weighted by molar-refractivity contribution is 5.94. The molecule has 0 atom stereocenters. The van der Waals surface area contributed by atoms with E-state index in [1.54, 1.807) is 30.3 Å². The molecule has 2 aromatic carbocycles. The fraction of sp³-hybridized carbons (Fsp3) is 0.250. The SMILES string of the molecule is O=C(c1ccc(-n2cnc3ccccc3c2=O)cc1)N1CCCCC1. The number of likely N-dealkylation sites (tertiary alicyclic amines) is 1. The van der Waals surface area contributed by atoms with Gasteiger partial charge in [0.2, 0.25) is 0 Å². The van der Waals surface area contributed by atoms with E-state index >= 15 is 0 Å². The quantitative estimate of drug-likeness (QED) is 0.724. The van der Waals surface area contributed by atoms with Gasteiger partial charge in [0.25, 0.3) is 11.5 Å². The Morgan fingerprint density at radius 1 is 0.920 bits per heavy atom. The van der Waals surface area contributed by atoms with Gasteiger partial charge in [-0.3, -0.25) is 14.2 Å². The monoisotopic (exact) mass is 333 g/mol. The van der Waals surface area contributed by atoms with Crippen molar-refractivity contribution in [2.24, 2.45) is 0 Å². The number of para-hydroxylation sites is 1. The van der Waals surface area contributed by atoms with Crippen molar-refractivity contribution in [3.05, 3.63) is 70.8 Å². The molecule has 2 heterocycles. The Balaban J connectivity index is 1.65. The molecule has 126 valence electrons. The first-order chi connectivity index (χ1) is 12.2. The molecule has 1 aliphatic heterocycles. The molecule has 0 bridgehead atoms. The summed E-state index contributed by atoms with van der Waals surface area (Å²) in [6.07, 6.45) is 4.87. The maximum absolute atomic E-state index is 12.6. The predicted octanol–water partition coefficient (Wildman–Crippen LogP) is 3.01. The van der Waals surface area contributed by atoms with Crippen LogP contribution in [-0.2, 0) is 0 Å². The number of nitrogens with zero attached hydrogens (tertiary/aromatic N) is 3. The summed E-state index contributed by atoms with van der Waals surface area (Å²) in [5, 5.41) is 0.582. The van der Waals surface area contributed by atoms with Gasteiger partial charge in [-0.05, 0) is 55.7 Å². The van der Waals surface area contributed by atoms with Crippen LogP contribution in [0.15, 0.2) is 59.7 Å². The summed E-state index contributed by atoms with van der Waals surface area (Å²) in [6.45, 7) is 1.66. The largest absolute Gasteiger partial charge is 0.339 e. The van der Waals surface area contributed by atoms with E-state index in [2.05, 4.69) is 4.98 Å². The van der Waals surface area contributed by atoms with Crippen molar-refractivity contribution in [1.29, 1.82) is 0 Å². The molecule has 0 aliphatic carbocycles. The summed E-state index contributed by atoms with van der Waals surface area (Å²) in [5.41, 5.74) is 1.94. The molecule has 1 amide bonds. The molecular weight excluding hydrogens is 314 g/mol. The number of rotatable bonds is 2. The Bertz CT molecular complexity index is 970. The first-order valence-electron chi connectivity index (χ1n) is 8.60. The molecule has 0 radical (unpaired) electrons. The normalized spacial score (nSPS) is 14.6. The van der Waals surface area contributed by atoms with Crippen molar-refractivity contribution in [2.45, 2.75) is 19.3 Å². The molecule has 0 unspecified atom stereocenters. The van der Waals surface area contributed by atoms with E-state index < -0.39 is 0 Å². The van der Waals surface area contributed by atoms with Crippen LogP contribution < -0.4 is 5.56 Å². The average molecular weight is 333 g/mol. The topological polar surface area (TPSA) is 55.2 Å². The van der Waals surface area contributed by atoms with Crippen molar-refractivity contribution in [3.8, 4) is 5.69 Å². The molecule has 25 heavy (non-hydrogen) atoms. The lowest BCUT2D eigenvalue weighted by Crippen LogP contribution is -2.35. The number of piperidine rings is 1. The first-order valence-corrected chi connectivity index (χ1v) is 8.60. The molecular formula is C20H19N3O2. The first kappa shape index (κ1) is 15.6. The van der Waals surface area contributed by atoms with Crippen molar-refractivity contribution in [3.63, 3.8) is 0 Å². The van der Waals surface area contributed by atoms with Crippen LogP contribution in [0.25, 0.3) is 16.6 Å². The smallest absolute Gasteiger partial charge is 0.265 e. The molecule has 0 spiro atoms. The van der Waals surface area contributed by atoms with Crippen LogP contribution >= 0.6 is 0 Å². The summed E-state index contributed by atoms with van der Waals surface area (Å²) < 4.78 is 1.51. The van der Waals surface area contributed by atoms with Gasteiger partial charge < -0.3 is 4.90 Å². The minimum atomic E-state index is -0.110. The third kappa shape index (κ3) is 2.93. The van der Waals surface area contributed by atoms with Gasteiger partial charge in [0.1, 0.15) is 6.33 Å². The van der Waals surface area contributed by atoms with Gasteiger partial charge in [-0.25, -0.2) is 4.98 Å². The molecule has 1 fully saturated rings. The molecule has 1 saturated heterocycles. The van der Waals surface area contributed by atoms with E-state index in [4.69, 9.17) is 0 Å². The van der Waals surface area contributed by atoms with Gasteiger partial charge in [0.15, 0.2) is 0 Å². The highest BCUT2D eigenvalue weighted by Gasteiger charge is 2.18. The van der Waals surface area contributed by atoms with E-state index in [0.29, 0.717) is 22.2 Å². The zero-order chi connectivity index (χ0) is 17.2.